The van der Waals surface area contributed by atoms with Gasteiger partial charge in [0.2, 0.25) is 11.9 Å². The molecule has 0 aliphatic carbocycles. The van der Waals surface area contributed by atoms with Gasteiger partial charge in [0.05, 0.1) is 40.7 Å². The monoisotopic (exact) mass is 420 g/mol. The molecular weight excluding hydrogens is 400 g/mol. The maximum Gasteiger partial charge on any atom is 0.227 e. The Morgan fingerprint density at radius 2 is 1.90 bits per heavy atom. The first-order chi connectivity index (χ1) is 14.7. The molecule has 0 spiro atoms. The third kappa shape index (κ3) is 3.68. The van der Waals surface area contributed by atoms with E-state index in [1.807, 2.05) is 18.2 Å². The molecule has 0 unspecified atom stereocenters. The summed E-state index contributed by atoms with van der Waals surface area (Å²) in [6, 6.07) is 10.1. The van der Waals surface area contributed by atoms with Crippen molar-refractivity contribution in [3.05, 3.63) is 53.9 Å². The second-order valence-corrected chi connectivity index (χ2v) is 7.89. The number of hydrogen-bond donors (Lipinski definition) is 1. The molecule has 0 atom stereocenters. The highest BCUT2D eigenvalue weighted by molar-refractivity contribution is 6.32. The quantitative estimate of drug-likeness (QED) is 0.664. The van der Waals surface area contributed by atoms with Gasteiger partial charge in [-0.1, -0.05) is 23.7 Å². The van der Waals surface area contributed by atoms with Crippen molar-refractivity contribution in [1.29, 1.82) is 0 Å². The van der Waals surface area contributed by atoms with Crippen molar-refractivity contribution in [2.75, 3.05) is 34.8 Å². The van der Waals surface area contributed by atoms with Crippen molar-refractivity contribution >= 4 is 40.5 Å². The van der Waals surface area contributed by atoms with Crippen LogP contribution in [0.2, 0.25) is 5.02 Å². The van der Waals surface area contributed by atoms with Crippen molar-refractivity contribution < 1.29 is 4.79 Å². The van der Waals surface area contributed by atoms with Crippen LogP contribution >= 0.6 is 11.6 Å². The molecule has 8 heteroatoms. The highest BCUT2D eigenvalue weighted by Crippen LogP contribution is 2.31. The van der Waals surface area contributed by atoms with E-state index in [0.717, 1.165) is 43.0 Å². The van der Waals surface area contributed by atoms with Crippen molar-refractivity contribution in [2.24, 2.45) is 0 Å². The number of nitrogens with one attached hydrogen (secondary N) is 1. The summed E-state index contributed by atoms with van der Waals surface area (Å²) in [5, 5.41) is 3.68. The minimum atomic E-state index is 0.126. The number of hydrogen-bond acceptors (Lipinski definition) is 6. The number of benzene rings is 1. The topological polar surface area (TPSA) is 74.2 Å². The fraction of sp³-hybridized carbons (Fsp3) is 0.273. The number of carbonyl (C=O) groups excluding carboxylic acids is 1. The molecule has 7 nitrogen and oxygen atoms in total. The van der Waals surface area contributed by atoms with Crippen LogP contribution < -0.4 is 15.1 Å². The normalized spacial score (nSPS) is 16.0. The minimum absolute atomic E-state index is 0.126. The van der Waals surface area contributed by atoms with Gasteiger partial charge in [-0.2, -0.15) is 0 Å². The fourth-order valence-electron chi connectivity index (χ4n) is 3.75. The molecule has 1 amide bonds. The van der Waals surface area contributed by atoms with Crippen LogP contribution in [-0.2, 0) is 4.79 Å². The van der Waals surface area contributed by atoms with Crippen LogP contribution in [-0.4, -0.2) is 40.5 Å². The Morgan fingerprint density at radius 3 is 2.67 bits per heavy atom. The molecular formula is C22H21ClN6O. The molecule has 152 valence electrons. The maximum absolute atomic E-state index is 12.0. The predicted octanol–water partition coefficient (Wildman–Crippen LogP) is 4.27. The lowest BCUT2D eigenvalue weighted by molar-refractivity contribution is -0.117. The molecule has 2 aromatic heterocycles. The summed E-state index contributed by atoms with van der Waals surface area (Å²) in [5.74, 6) is 0.552. The lowest BCUT2D eigenvalue weighted by Crippen LogP contribution is -2.36. The van der Waals surface area contributed by atoms with Gasteiger partial charge in [0.15, 0.2) is 0 Å². The molecule has 2 fully saturated rings. The third-order valence-electron chi connectivity index (χ3n) is 5.45. The Labute approximate surface area is 179 Å². The number of halogens is 1. The number of nitrogens with zero attached hydrogens (tertiary/aromatic N) is 5. The summed E-state index contributed by atoms with van der Waals surface area (Å²) in [6.07, 6.45) is 7.66. The van der Waals surface area contributed by atoms with Gasteiger partial charge in [0.1, 0.15) is 0 Å². The second kappa shape index (κ2) is 7.91. The van der Waals surface area contributed by atoms with Gasteiger partial charge >= 0.3 is 0 Å². The first-order valence-corrected chi connectivity index (χ1v) is 10.5. The van der Waals surface area contributed by atoms with Crippen molar-refractivity contribution in [3.63, 3.8) is 0 Å². The van der Waals surface area contributed by atoms with E-state index in [1.165, 1.54) is 12.1 Å². The molecule has 1 N–H and O–H groups in total. The minimum Gasteiger partial charge on any atom is -0.371 e. The van der Waals surface area contributed by atoms with Crippen LogP contribution in [0.15, 0.2) is 48.9 Å². The first kappa shape index (κ1) is 18.8. The van der Waals surface area contributed by atoms with Gasteiger partial charge in [0, 0.05) is 37.3 Å². The third-order valence-corrected chi connectivity index (χ3v) is 5.73. The average molecular weight is 421 g/mol. The number of carbonyl (C=O) groups is 1. The van der Waals surface area contributed by atoms with Gasteiger partial charge < -0.3 is 15.1 Å². The zero-order valence-electron chi connectivity index (χ0n) is 16.4. The molecule has 0 saturated carbocycles. The molecule has 2 aliphatic heterocycles. The molecule has 4 heterocycles. The molecule has 5 rings (SSSR count). The van der Waals surface area contributed by atoms with Crippen molar-refractivity contribution in [1.82, 2.24) is 15.0 Å². The van der Waals surface area contributed by atoms with E-state index in [9.17, 15) is 4.79 Å². The van der Waals surface area contributed by atoms with Crippen LogP contribution in [0.25, 0.3) is 11.3 Å². The van der Waals surface area contributed by atoms with E-state index in [0.29, 0.717) is 23.1 Å². The summed E-state index contributed by atoms with van der Waals surface area (Å²) in [5.41, 5.74) is 4.30. The maximum atomic E-state index is 12.0. The van der Waals surface area contributed by atoms with E-state index in [4.69, 9.17) is 11.6 Å². The van der Waals surface area contributed by atoms with E-state index in [-0.39, 0.29) is 5.91 Å². The van der Waals surface area contributed by atoms with Gasteiger partial charge in [-0.05, 0) is 31.0 Å². The Hall–Kier alpha value is -3.19. The van der Waals surface area contributed by atoms with E-state index >= 15 is 0 Å². The molecule has 30 heavy (non-hydrogen) atoms. The van der Waals surface area contributed by atoms with E-state index in [2.05, 4.69) is 37.3 Å². The van der Waals surface area contributed by atoms with Crippen molar-refractivity contribution in [2.45, 2.75) is 19.3 Å². The highest BCUT2D eigenvalue weighted by Gasteiger charge is 2.22. The van der Waals surface area contributed by atoms with Gasteiger partial charge in [0.25, 0.3) is 0 Å². The number of amides is 1. The average Bonchev–Trinajstić information content (AvgIpc) is 3.15. The second-order valence-electron chi connectivity index (χ2n) is 7.49. The van der Waals surface area contributed by atoms with Crippen LogP contribution in [0, 0.1) is 0 Å². The van der Waals surface area contributed by atoms with E-state index < -0.39 is 0 Å². The summed E-state index contributed by atoms with van der Waals surface area (Å²) in [4.78, 5) is 29.3. The number of rotatable bonds is 5. The Balaban J connectivity index is 1.41. The largest absolute Gasteiger partial charge is 0.371 e. The summed E-state index contributed by atoms with van der Waals surface area (Å²) >= 11 is 6.42. The number of anilines is 4. The van der Waals surface area contributed by atoms with Crippen LogP contribution in [0.3, 0.4) is 0 Å². The van der Waals surface area contributed by atoms with Crippen LogP contribution in [0.1, 0.15) is 19.3 Å². The molecule has 2 saturated heterocycles. The smallest absolute Gasteiger partial charge is 0.227 e. The fourth-order valence-corrected chi connectivity index (χ4v) is 3.95. The van der Waals surface area contributed by atoms with Gasteiger partial charge in [-0.3, -0.25) is 9.78 Å². The number of pyridine rings is 1. The van der Waals surface area contributed by atoms with Crippen LogP contribution in [0.4, 0.5) is 23.0 Å². The van der Waals surface area contributed by atoms with Crippen molar-refractivity contribution in [3.8, 4) is 11.3 Å². The zero-order chi connectivity index (χ0) is 20.5. The summed E-state index contributed by atoms with van der Waals surface area (Å²) < 4.78 is 0. The number of aromatic nitrogens is 3. The van der Waals surface area contributed by atoms with Gasteiger partial charge in [-0.15, -0.1) is 0 Å². The Morgan fingerprint density at radius 1 is 1.00 bits per heavy atom. The van der Waals surface area contributed by atoms with Gasteiger partial charge in [-0.25, -0.2) is 9.97 Å². The lowest BCUT2D eigenvalue weighted by Gasteiger charge is -2.33. The first-order valence-electron chi connectivity index (χ1n) is 10.1. The Kier molecular flexibility index (Phi) is 4.96. The molecule has 0 bridgehead atoms. The molecule has 3 aromatic rings. The predicted molar refractivity (Wildman–Crippen MR) is 118 cm³/mol. The molecule has 0 radical (unpaired) electrons. The molecule has 1 aromatic carbocycles. The summed E-state index contributed by atoms with van der Waals surface area (Å²) in [6.45, 7) is 2.88. The standard InChI is InChI=1S/C22H21ClN6O/c23-19-14-25-22(26-16-11-18(13-24-12-16)29-9-2-6-20(29)30)27-21(19)15-4-1-5-17(10-15)28-7-3-8-28/h1,4-5,10-14H,2-3,6-9H2,(H,25,26,27). The zero-order valence-corrected chi connectivity index (χ0v) is 17.1. The highest BCUT2D eigenvalue weighted by atomic mass is 35.5. The SMILES string of the molecule is O=C1CCCN1c1cncc(Nc2ncc(Cl)c(-c3cccc(N4CCC4)c3)n2)c1. The summed E-state index contributed by atoms with van der Waals surface area (Å²) in [7, 11) is 0. The lowest BCUT2D eigenvalue weighted by atomic mass is 10.1. The molecule has 2 aliphatic rings. The van der Waals surface area contributed by atoms with E-state index in [1.54, 1.807) is 23.5 Å². The Bertz CT molecular complexity index is 1100. The van der Waals surface area contributed by atoms with Crippen LogP contribution in [0.5, 0.6) is 0 Å².